The van der Waals surface area contributed by atoms with Gasteiger partial charge in [0.05, 0.1) is 18.4 Å². The topological polar surface area (TPSA) is 112 Å². The lowest BCUT2D eigenvalue weighted by molar-refractivity contribution is -0.134. The van der Waals surface area contributed by atoms with Crippen LogP contribution in [0.15, 0.2) is 67.0 Å². The molecule has 0 spiro atoms. The van der Waals surface area contributed by atoms with Gasteiger partial charge in [-0.1, -0.05) is 6.07 Å². The smallest absolute Gasteiger partial charge is 0.225 e. The van der Waals surface area contributed by atoms with Gasteiger partial charge in [0.2, 0.25) is 11.8 Å². The van der Waals surface area contributed by atoms with Gasteiger partial charge in [-0.25, -0.2) is 24.3 Å². The van der Waals surface area contributed by atoms with Crippen LogP contribution in [-0.2, 0) is 11.2 Å². The summed E-state index contributed by atoms with van der Waals surface area (Å²) in [5, 5.41) is 0. The van der Waals surface area contributed by atoms with Gasteiger partial charge in [0.1, 0.15) is 17.5 Å². The van der Waals surface area contributed by atoms with E-state index >= 15 is 4.39 Å². The van der Waals surface area contributed by atoms with Crippen LogP contribution in [0.4, 0.5) is 10.2 Å². The number of carbonyl (C=O) groups excluding carboxylic acids is 1. The molecule has 5 heterocycles. The van der Waals surface area contributed by atoms with Crippen LogP contribution in [0.1, 0.15) is 49.1 Å². The van der Waals surface area contributed by atoms with Gasteiger partial charge in [-0.2, -0.15) is 0 Å². The number of ether oxygens (including phenoxy) is 1. The number of rotatable bonds is 7. The minimum absolute atomic E-state index is 0.140. The fourth-order valence-corrected chi connectivity index (χ4v) is 7.26. The number of likely N-dealkylation sites (tertiary alicyclic amines) is 1. The van der Waals surface area contributed by atoms with Crippen LogP contribution in [0.25, 0.3) is 39.5 Å². The number of nitrogens with zero attached hydrogens (tertiary/aromatic N) is 6. The number of pyridine rings is 3. The number of methoxy groups -OCH3 is 1. The van der Waals surface area contributed by atoms with Crippen molar-refractivity contribution in [1.29, 1.82) is 0 Å². The molecule has 1 saturated carbocycles. The number of amides is 1. The van der Waals surface area contributed by atoms with Crippen molar-refractivity contribution in [2.75, 3.05) is 25.9 Å². The minimum atomic E-state index is -0.934. The van der Waals surface area contributed by atoms with Gasteiger partial charge in [-0.3, -0.25) is 9.36 Å². The molecule has 2 N–H and O–H groups in total. The number of carbonyl (C=O) groups is 1. The molecule has 8 rings (SSSR count). The summed E-state index contributed by atoms with van der Waals surface area (Å²) in [5.41, 5.74) is 13.0. The molecule has 5 aromatic rings. The van der Waals surface area contributed by atoms with E-state index in [9.17, 15) is 4.79 Å². The zero-order chi connectivity index (χ0) is 31.4. The first-order chi connectivity index (χ1) is 22.5. The van der Waals surface area contributed by atoms with Crippen molar-refractivity contribution in [2.45, 2.75) is 50.6 Å². The molecule has 0 radical (unpaired) electrons. The molecule has 1 aromatic carbocycles. The SMILES string of the molecule is COc1cc(-c2ccc3nc(-c4cccnc4N)n(-c4ccc5c(c4)CC(F)[C@@H]5CC4CCN(C(=O)C5CC5)CC4)c3n2)ccn1. The van der Waals surface area contributed by atoms with Crippen LogP contribution >= 0.6 is 0 Å². The first-order valence-corrected chi connectivity index (χ1v) is 16.1. The molecule has 0 bridgehead atoms. The van der Waals surface area contributed by atoms with Crippen molar-refractivity contribution in [3.63, 3.8) is 0 Å². The molecular weight excluding hydrogens is 581 g/mol. The number of nitrogen functional groups attached to an aromatic ring is 1. The van der Waals surface area contributed by atoms with Crippen molar-refractivity contribution in [3.05, 3.63) is 78.1 Å². The second kappa shape index (κ2) is 11.5. The minimum Gasteiger partial charge on any atom is -0.481 e. The lowest BCUT2D eigenvalue weighted by atomic mass is 9.84. The molecule has 2 aliphatic carbocycles. The number of hydrogen-bond donors (Lipinski definition) is 1. The number of hydrogen-bond acceptors (Lipinski definition) is 7. The molecule has 46 heavy (non-hydrogen) atoms. The Morgan fingerprint density at radius 1 is 1.00 bits per heavy atom. The number of anilines is 1. The predicted octanol–water partition coefficient (Wildman–Crippen LogP) is 6.15. The second-order valence-electron chi connectivity index (χ2n) is 12.8. The van der Waals surface area contributed by atoms with Gasteiger partial charge >= 0.3 is 0 Å². The molecule has 1 amide bonds. The maximum absolute atomic E-state index is 15.7. The van der Waals surface area contributed by atoms with Gasteiger partial charge in [-0.05, 0) is 91.6 Å². The van der Waals surface area contributed by atoms with Crippen LogP contribution in [0.2, 0.25) is 0 Å². The molecule has 10 heteroatoms. The molecular formula is C36H36FN7O2. The standard InChI is InChI=1S/C36H36FN7O2/c1-46-32-20-23(10-14-39-32)30-8-9-31-35(41-30)44(34(42-31)27-3-2-13-40-33(27)38)25-6-7-26-24(18-25)19-29(37)28(26)17-21-11-15-43(16-12-21)36(45)22-4-5-22/h2-3,6-10,13-14,18,20-22,28-29H,4-5,11-12,15-17,19H2,1H3,(H2,38,40)/t28-,29?/m1/s1. The summed E-state index contributed by atoms with van der Waals surface area (Å²) < 4.78 is 23.1. The number of aromatic nitrogens is 5. The van der Waals surface area contributed by atoms with Crippen molar-refractivity contribution in [3.8, 4) is 34.2 Å². The summed E-state index contributed by atoms with van der Waals surface area (Å²) in [7, 11) is 1.59. The summed E-state index contributed by atoms with van der Waals surface area (Å²) in [6.07, 6.45) is 7.57. The maximum atomic E-state index is 15.7. The average Bonchev–Trinajstić information content (AvgIpc) is 3.80. The Bertz CT molecular complexity index is 1950. The van der Waals surface area contributed by atoms with Crippen molar-refractivity contribution < 1.29 is 13.9 Å². The van der Waals surface area contributed by atoms with Gasteiger partial charge in [0.15, 0.2) is 11.5 Å². The van der Waals surface area contributed by atoms with Crippen LogP contribution < -0.4 is 10.5 Å². The lowest BCUT2D eigenvalue weighted by Gasteiger charge is -2.33. The Hall–Kier alpha value is -4.86. The number of piperidine rings is 1. The Balaban J connectivity index is 1.14. The van der Waals surface area contributed by atoms with E-state index in [4.69, 9.17) is 20.4 Å². The van der Waals surface area contributed by atoms with Crippen molar-refractivity contribution in [1.82, 2.24) is 29.4 Å². The summed E-state index contributed by atoms with van der Waals surface area (Å²) >= 11 is 0. The Morgan fingerprint density at radius 2 is 1.85 bits per heavy atom. The van der Waals surface area contributed by atoms with Gasteiger partial charge in [-0.15, -0.1) is 0 Å². The number of imidazole rings is 1. The zero-order valence-electron chi connectivity index (χ0n) is 25.8. The third kappa shape index (κ3) is 5.15. The molecule has 234 valence electrons. The van der Waals surface area contributed by atoms with E-state index in [-0.39, 0.29) is 11.8 Å². The highest BCUT2D eigenvalue weighted by Gasteiger charge is 2.38. The fourth-order valence-electron chi connectivity index (χ4n) is 7.26. The van der Waals surface area contributed by atoms with E-state index in [0.717, 1.165) is 73.3 Å². The monoisotopic (exact) mass is 617 g/mol. The van der Waals surface area contributed by atoms with E-state index in [0.29, 0.717) is 52.5 Å². The maximum Gasteiger partial charge on any atom is 0.225 e. The highest BCUT2D eigenvalue weighted by Crippen LogP contribution is 2.43. The van der Waals surface area contributed by atoms with Crippen LogP contribution in [0.3, 0.4) is 0 Å². The number of halogens is 1. The lowest BCUT2D eigenvalue weighted by Crippen LogP contribution is -2.39. The Kier molecular flexibility index (Phi) is 7.15. The molecule has 1 aliphatic heterocycles. The summed E-state index contributed by atoms with van der Waals surface area (Å²) in [6.45, 7) is 1.59. The van der Waals surface area contributed by atoms with Gasteiger partial charge in [0, 0.05) is 61.1 Å². The van der Waals surface area contributed by atoms with E-state index in [1.54, 1.807) is 19.5 Å². The molecule has 9 nitrogen and oxygen atoms in total. The molecule has 1 unspecified atom stereocenters. The van der Waals surface area contributed by atoms with Crippen LogP contribution in [0.5, 0.6) is 5.88 Å². The largest absolute Gasteiger partial charge is 0.481 e. The number of nitrogens with two attached hydrogens (primary N) is 1. The third-order valence-electron chi connectivity index (χ3n) is 9.90. The van der Waals surface area contributed by atoms with Crippen molar-refractivity contribution in [2.24, 2.45) is 11.8 Å². The van der Waals surface area contributed by atoms with Crippen LogP contribution in [-0.4, -0.2) is 61.7 Å². The molecule has 2 atom stereocenters. The predicted molar refractivity (Wildman–Crippen MR) is 174 cm³/mol. The average molecular weight is 618 g/mol. The van der Waals surface area contributed by atoms with E-state index in [2.05, 4.69) is 22.1 Å². The molecule has 2 fully saturated rings. The Labute approximate surface area is 266 Å². The molecule has 1 saturated heterocycles. The summed E-state index contributed by atoms with van der Waals surface area (Å²) in [5.74, 6) is 2.35. The summed E-state index contributed by atoms with van der Waals surface area (Å²) in [6, 6.07) is 17.6. The van der Waals surface area contributed by atoms with Gasteiger partial charge in [0.25, 0.3) is 0 Å². The van der Waals surface area contributed by atoms with Crippen LogP contribution in [0, 0.1) is 11.8 Å². The normalized spacial score (nSPS) is 19.8. The van der Waals surface area contributed by atoms with E-state index in [1.165, 1.54) is 0 Å². The fraction of sp³-hybridized carbons (Fsp3) is 0.361. The number of alkyl halides is 1. The first-order valence-electron chi connectivity index (χ1n) is 16.1. The highest BCUT2D eigenvalue weighted by atomic mass is 19.1. The molecule has 4 aromatic heterocycles. The zero-order valence-corrected chi connectivity index (χ0v) is 25.8. The Morgan fingerprint density at radius 3 is 2.63 bits per heavy atom. The number of benzene rings is 1. The summed E-state index contributed by atoms with van der Waals surface area (Å²) in [4.78, 5) is 33.1. The quantitative estimate of drug-likeness (QED) is 0.233. The number of fused-ring (bicyclic) bond motifs is 2. The highest BCUT2D eigenvalue weighted by molar-refractivity contribution is 5.85. The molecule has 3 aliphatic rings. The second-order valence-corrected chi connectivity index (χ2v) is 12.8. The first kappa shape index (κ1) is 28.6. The van der Waals surface area contributed by atoms with E-state index in [1.807, 2.05) is 51.9 Å². The van der Waals surface area contributed by atoms with Crippen molar-refractivity contribution >= 4 is 22.9 Å². The van der Waals surface area contributed by atoms with Gasteiger partial charge < -0.3 is 15.4 Å². The van der Waals surface area contributed by atoms with E-state index < -0.39 is 6.17 Å². The third-order valence-corrected chi connectivity index (χ3v) is 9.90.